The molecule has 21 heavy (non-hydrogen) atoms. The fourth-order valence-electron chi connectivity index (χ4n) is 3.02. The third kappa shape index (κ3) is 2.81. The highest BCUT2D eigenvalue weighted by atomic mass is 32.2. The van der Waals surface area contributed by atoms with Crippen LogP contribution in [0.5, 0.6) is 0 Å². The van der Waals surface area contributed by atoms with Crippen molar-refractivity contribution in [3.05, 3.63) is 42.5 Å². The summed E-state index contributed by atoms with van der Waals surface area (Å²) >= 11 is 0. The van der Waals surface area contributed by atoms with E-state index >= 15 is 0 Å². The van der Waals surface area contributed by atoms with E-state index in [1.54, 1.807) is 12.1 Å². The van der Waals surface area contributed by atoms with Crippen LogP contribution < -0.4 is 4.72 Å². The molecule has 1 saturated carbocycles. The maximum Gasteiger partial charge on any atom is 0.241 e. The van der Waals surface area contributed by atoms with Gasteiger partial charge in [0, 0.05) is 0 Å². The molecule has 0 saturated heterocycles. The zero-order chi connectivity index (χ0) is 14.9. The van der Waals surface area contributed by atoms with Gasteiger partial charge in [-0.15, -0.1) is 0 Å². The van der Waals surface area contributed by atoms with Crippen LogP contribution in [0.2, 0.25) is 0 Å². The van der Waals surface area contributed by atoms with Crippen LogP contribution in [0.4, 0.5) is 0 Å². The Balaban J connectivity index is 1.96. The summed E-state index contributed by atoms with van der Waals surface area (Å²) in [4.78, 5) is 0.251. The van der Waals surface area contributed by atoms with Crippen molar-refractivity contribution in [1.29, 1.82) is 0 Å². The van der Waals surface area contributed by atoms with Crippen LogP contribution in [0.1, 0.15) is 25.7 Å². The highest BCUT2D eigenvalue weighted by molar-refractivity contribution is 7.89. The molecule has 0 unspecified atom stereocenters. The smallest absolute Gasteiger partial charge is 0.241 e. The molecule has 0 radical (unpaired) electrons. The van der Waals surface area contributed by atoms with Gasteiger partial charge in [0.05, 0.1) is 17.0 Å². The first-order chi connectivity index (χ1) is 10.0. The minimum Gasteiger partial charge on any atom is -0.394 e. The second-order valence-electron chi connectivity index (χ2n) is 5.76. The molecule has 0 heterocycles. The molecule has 1 aliphatic carbocycles. The molecule has 2 aromatic carbocycles. The largest absolute Gasteiger partial charge is 0.394 e. The number of nitrogens with one attached hydrogen (secondary N) is 1. The zero-order valence-electron chi connectivity index (χ0n) is 11.7. The average molecular weight is 305 g/mol. The number of aliphatic hydroxyl groups excluding tert-OH is 1. The molecule has 0 aromatic heterocycles. The van der Waals surface area contributed by atoms with Gasteiger partial charge in [0.2, 0.25) is 10.0 Å². The second-order valence-corrected chi connectivity index (χ2v) is 7.44. The van der Waals surface area contributed by atoms with E-state index in [0.29, 0.717) is 12.8 Å². The highest BCUT2D eigenvalue weighted by Gasteiger charge is 2.37. The third-order valence-corrected chi connectivity index (χ3v) is 5.82. The fraction of sp³-hybridized carbons (Fsp3) is 0.375. The van der Waals surface area contributed by atoms with Crippen molar-refractivity contribution < 1.29 is 13.5 Å². The number of rotatable bonds is 4. The van der Waals surface area contributed by atoms with Gasteiger partial charge in [-0.25, -0.2) is 13.1 Å². The maximum absolute atomic E-state index is 12.6. The summed E-state index contributed by atoms with van der Waals surface area (Å²) in [6, 6.07) is 12.8. The van der Waals surface area contributed by atoms with E-state index in [0.717, 1.165) is 23.6 Å². The van der Waals surface area contributed by atoms with Gasteiger partial charge in [0.15, 0.2) is 0 Å². The second kappa shape index (κ2) is 5.40. The first-order valence-electron chi connectivity index (χ1n) is 7.18. The molecule has 3 rings (SSSR count). The Morgan fingerprint density at radius 3 is 2.38 bits per heavy atom. The molecule has 0 amide bonds. The average Bonchev–Trinajstić information content (AvgIpc) is 2.95. The first kappa shape index (κ1) is 14.5. The van der Waals surface area contributed by atoms with Crippen LogP contribution in [-0.2, 0) is 10.0 Å². The zero-order valence-corrected chi connectivity index (χ0v) is 12.6. The lowest BCUT2D eigenvalue weighted by molar-refractivity contribution is 0.185. The summed E-state index contributed by atoms with van der Waals surface area (Å²) < 4.78 is 27.9. The van der Waals surface area contributed by atoms with E-state index < -0.39 is 15.6 Å². The molecule has 2 N–H and O–H groups in total. The van der Waals surface area contributed by atoms with Crippen molar-refractivity contribution in [2.75, 3.05) is 6.61 Å². The van der Waals surface area contributed by atoms with Gasteiger partial charge in [-0.05, 0) is 35.7 Å². The first-order valence-corrected chi connectivity index (χ1v) is 8.67. The number of aliphatic hydroxyl groups is 1. The summed E-state index contributed by atoms with van der Waals surface area (Å²) in [5, 5.41) is 11.5. The number of sulfonamides is 1. The van der Waals surface area contributed by atoms with Crippen molar-refractivity contribution in [2.45, 2.75) is 36.1 Å². The van der Waals surface area contributed by atoms with E-state index in [1.165, 1.54) is 0 Å². The summed E-state index contributed by atoms with van der Waals surface area (Å²) in [5.74, 6) is 0. The Bertz CT molecular complexity index is 749. The van der Waals surface area contributed by atoms with E-state index in [-0.39, 0.29) is 11.5 Å². The van der Waals surface area contributed by atoms with Crippen LogP contribution in [0.25, 0.3) is 10.8 Å². The van der Waals surface area contributed by atoms with Crippen molar-refractivity contribution >= 4 is 20.8 Å². The summed E-state index contributed by atoms with van der Waals surface area (Å²) in [7, 11) is -3.62. The lowest BCUT2D eigenvalue weighted by atomic mass is 10.0. The van der Waals surface area contributed by atoms with Crippen molar-refractivity contribution in [2.24, 2.45) is 0 Å². The minimum absolute atomic E-state index is 0.153. The van der Waals surface area contributed by atoms with Gasteiger partial charge in [0.25, 0.3) is 0 Å². The van der Waals surface area contributed by atoms with Crippen LogP contribution in [0.3, 0.4) is 0 Å². The Labute approximate surface area is 124 Å². The van der Waals surface area contributed by atoms with Crippen LogP contribution >= 0.6 is 0 Å². The van der Waals surface area contributed by atoms with Gasteiger partial charge in [-0.2, -0.15) is 0 Å². The molecule has 4 nitrogen and oxygen atoms in total. The predicted octanol–water partition coefficient (Wildman–Crippen LogP) is 2.42. The Hall–Kier alpha value is -1.43. The number of benzene rings is 2. The minimum atomic E-state index is -3.62. The van der Waals surface area contributed by atoms with Gasteiger partial charge in [0.1, 0.15) is 0 Å². The van der Waals surface area contributed by atoms with Crippen LogP contribution in [0, 0.1) is 0 Å². The molecular formula is C16H19NO3S. The Morgan fingerprint density at radius 2 is 1.71 bits per heavy atom. The van der Waals surface area contributed by atoms with Crippen molar-refractivity contribution in [1.82, 2.24) is 4.72 Å². The number of hydrogen-bond acceptors (Lipinski definition) is 3. The molecule has 0 aliphatic heterocycles. The van der Waals surface area contributed by atoms with Gasteiger partial charge in [-0.3, -0.25) is 0 Å². The third-order valence-electron chi connectivity index (χ3n) is 4.25. The van der Waals surface area contributed by atoms with E-state index in [9.17, 15) is 13.5 Å². The Morgan fingerprint density at radius 1 is 1.05 bits per heavy atom. The molecular weight excluding hydrogens is 286 g/mol. The molecule has 0 atom stereocenters. The van der Waals surface area contributed by atoms with Crippen molar-refractivity contribution in [3.8, 4) is 0 Å². The molecule has 0 bridgehead atoms. The monoisotopic (exact) mass is 305 g/mol. The number of fused-ring (bicyclic) bond motifs is 1. The van der Waals surface area contributed by atoms with Gasteiger partial charge in [-0.1, -0.05) is 43.2 Å². The predicted molar refractivity (Wildman–Crippen MR) is 82.6 cm³/mol. The van der Waals surface area contributed by atoms with Gasteiger partial charge < -0.3 is 5.11 Å². The molecule has 1 aliphatic rings. The summed E-state index contributed by atoms with van der Waals surface area (Å²) in [6.45, 7) is -0.153. The normalized spacial score (nSPS) is 18.1. The molecule has 0 spiro atoms. The van der Waals surface area contributed by atoms with E-state index in [1.807, 2.05) is 30.3 Å². The fourth-order valence-corrected chi connectivity index (χ4v) is 4.51. The van der Waals surface area contributed by atoms with E-state index in [4.69, 9.17) is 0 Å². The lowest BCUT2D eigenvalue weighted by Gasteiger charge is -2.27. The molecule has 112 valence electrons. The van der Waals surface area contributed by atoms with E-state index in [2.05, 4.69) is 4.72 Å². The SMILES string of the molecule is O=S(=O)(NC1(CO)CCCC1)c1ccc2ccccc2c1. The summed E-state index contributed by atoms with van der Waals surface area (Å²) in [5.41, 5.74) is -0.690. The van der Waals surface area contributed by atoms with Crippen LogP contribution in [-0.4, -0.2) is 25.7 Å². The highest BCUT2D eigenvalue weighted by Crippen LogP contribution is 2.31. The Kier molecular flexibility index (Phi) is 3.73. The van der Waals surface area contributed by atoms with Crippen molar-refractivity contribution in [3.63, 3.8) is 0 Å². The topological polar surface area (TPSA) is 66.4 Å². The molecule has 2 aromatic rings. The lowest BCUT2D eigenvalue weighted by Crippen LogP contribution is -2.49. The quantitative estimate of drug-likeness (QED) is 0.911. The van der Waals surface area contributed by atoms with Gasteiger partial charge >= 0.3 is 0 Å². The van der Waals surface area contributed by atoms with Crippen LogP contribution in [0.15, 0.2) is 47.4 Å². The maximum atomic E-state index is 12.6. The summed E-state index contributed by atoms with van der Waals surface area (Å²) in [6.07, 6.45) is 3.27. The number of hydrogen-bond donors (Lipinski definition) is 2. The molecule has 1 fully saturated rings. The molecule has 5 heteroatoms. The standard InChI is InChI=1S/C16H19NO3S/c18-12-16(9-3-4-10-16)17-21(19,20)15-8-7-13-5-1-2-6-14(13)11-15/h1-2,5-8,11,17-18H,3-4,9-10,12H2.